The monoisotopic (exact) mass is 431 g/mol. The van der Waals surface area contributed by atoms with Gasteiger partial charge in [-0.3, -0.25) is 9.78 Å². The van der Waals surface area contributed by atoms with Crippen LogP contribution in [-0.4, -0.2) is 38.3 Å². The molecule has 1 atom stereocenters. The van der Waals surface area contributed by atoms with E-state index in [1.165, 1.54) is 6.07 Å². The van der Waals surface area contributed by atoms with Gasteiger partial charge in [0.2, 0.25) is 5.91 Å². The number of carbonyl (C=O) groups is 1. The summed E-state index contributed by atoms with van der Waals surface area (Å²) in [6, 6.07) is 13.2. The van der Waals surface area contributed by atoms with Gasteiger partial charge in [-0.1, -0.05) is 18.2 Å². The topological polar surface area (TPSA) is 81.9 Å². The number of fused-ring (bicyclic) bond motifs is 2. The van der Waals surface area contributed by atoms with E-state index in [2.05, 4.69) is 20.4 Å². The molecule has 1 aliphatic heterocycles. The second kappa shape index (κ2) is 8.03. The minimum absolute atomic E-state index is 0.0831. The highest BCUT2D eigenvalue weighted by molar-refractivity contribution is 5.83. The summed E-state index contributed by atoms with van der Waals surface area (Å²) in [4.78, 5) is 20.9. The number of amides is 1. The Morgan fingerprint density at radius 1 is 1.22 bits per heavy atom. The van der Waals surface area contributed by atoms with Gasteiger partial charge in [-0.2, -0.15) is 5.10 Å². The third-order valence-electron chi connectivity index (χ3n) is 5.56. The number of para-hydroxylation sites is 1. The number of benzene rings is 2. The van der Waals surface area contributed by atoms with Gasteiger partial charge in [0.15, 0.2) is 11.6 Å². The normalized spacial score (nSPS) is 14.9. The maximum absolute atomic E-state index is 14.8. The van der Waals surface area contributed by atoms with Gasteiger partial charge in [0, 0.05) is 29.1 Å². The molecule has 2 aromatic carbocycles. The van der Waals surface area contributed by atoms with Gasteiger partial charge < -0.3 is 10.1 Å². The van der Waals surface area contributed by atoms with E-state index in [4.69, 9.17) is 4.74 Å². The number of halogens is 1. The average molecular weight is 431 g/mol. The second-order valence-electron chi connectivity index (χ2n) is 7.97. The predicted molar refractivity (Wildman–Crippen MR) is 118 cm³/mol. The third kappa shape index (κ3) is 3.91. The van der Waals surface area contributed by atoms with Gasteiger partial charge >= 0.3 is 0 Å². The lowest BCUT2D eigenvalue weighted by atomic mass is 10.0. The highest BCUT2D eigenvalue weighted by atomic mass is 19.1. The van der Waals surface area contributed by atoms with Crippen molar-refractivity contribution in [3.8, 4) is 16.9 Å². The molecule has 1 aliphatic rings. The maximum atomic E-state index is 14.8. The predicted octanol–water partition coefficient (Wildman–Crippen LogP) is 3.37. The molecule has 1 N–H and O–H groups in total. The van der Waals surface area contributed by atoms with E-state index >= 15 is 0 Å². The van der Waals surface area contributed by atoms with Crippen molar-refractivity contribution < 1.29 is 13.9 Å². The van der Waals surface area contributed by atoms with Gasteiger partial charge in [-0.25, -0.2) is 14.1 Å². The lowest BCUT2D eigenvalue weighted by Gasteiger charge is -2.12. The van der Waals surface area contributed by atoms with Gasteiger partial charge in [-0.15, -0.1) is 0 Å². The number of hydrogen-bond donors (Lipinski definition) is 1. The Labute approximate surface area is 184 Å². The summed E-state index contributed by atoms with van der Waals surface area (Å²) in [5.74, 6) is 0.955. The number of nitrogens with zero attached hydrogens (tertiary/aromatic N) is 4. The molecule has 0 saturated carbocycles. The first-order valence-corrected chi connectivity index (χ1v) is 10.5. The number of ether oxygens (including phenoxy) is 1. The van der Waals surface area contributed by atoms with E-state index in [9.17, 15) is 9.18 Å². The molecule has 0 bridgehead atoms. The maximum Gasteiger partial charge on any atom is 0.241 e. The molecule has 0 spiro atoms. The van der Waals surface area contributed by atoms with Crippen LogP contribution in [0.3, 0.4) is 0 Å². The molecule has 7 nitrogen and oxygen atoms in total. The second-order valence-corrected chi connectivity index (χ2v) is 7.97. The van der Waals surface area contributed by atoms with E-state index in [0.717, 1.165) is 27.6 Å². The molecular formula is C24H22FN5O2. The summed E-state index contributed by atoms with van der Waals surface area (Å²) < 4.78 is 22.1. The van der Waals surface area contributed by atoms with E-state index in [1.54, 1.807) is 24.7 Å². The van der Waals surface area contributed by atoms with Crippen molar-refractivity contribution in [2.45, 2.75) is 32.9 Å². The summed E-state index contributed by atoms with van der Waals surface area (Å²) in [6.07, 6.45) is 1.94. The third-order valence-corrected chi connectivity index (χ3v) is 5.56. The van der Waals surface area contributed by atoms with Crippen LogP contribution < -0.4 is 10.1 Å². The first-order chi connectivity index (χ1) is 15.5. The smallest absolute Gasteiger partial charge is 0.241 e. The molecule has 1 unspecified atom stereocenters. The quantitative estimate of drug-likeness (QED) is 0.524. The van der Waals surface area contributed by atoms with E-state index in [1.807, 2.05) is 36.4 Å². The Bertz CT molecular complexity index is 1330. The van der Waals surface area contributed by atoms with Crippen molar-refractivity contribution >= 4 is 16.8 Å². The lowest BCUT2D eigenvalue weighted by Crippen LogP contribution is -2.36. The standard InChI is InChI=1S/C24H22FN5O2/c1-14-28-15(2)30(29-14)13-23(31)27-12-20-9-18-8-17(10-21(25)24(18)32-20)19-7-16-5-3-4-6-22(16)26-11-19/h3-8,10-11,20H,9,12-13H2,1-2H3,(H,27,31). The van der Waals surface area contributed by atoms with Crippen LogP contribution in [0.25, 0.3) is 22.0 Å². The summed E-state index contributed by atoms with van der Waals surface area (Å²) in [7, 11) is 0. The SMILES string of the molecule is Cc1nc(C)n(CC(=O)NCC2Cc3cc(-c4cnc5ccccc5c4)cc(F)c3O2)n1. The fourth-order valence-corrected chi connectivity index (χ4v) is 4.03. The highest BCUT2D eigenvalue weighted by Gasteiger charge is 2.27. The Kier molecular flexibility index (Phi) is 5.05. The molecule has 8 heteroatoms. The molecule has 1 amide bonds. The number of rotatable bonds is 5. The van der Waals surface area contributed by atoms with Crippen molar-refractivity contribution in [2.75, 3.05) is 6.54 Å². The van der Waals surface area contributed by atoms with Crippen molar-refractivity contribution in [1.82, 2.24) is 25.1 Å². The molecule has 0 fully saturated rings. The summed E-state index contributed by atoms with van der Waals surface area (Å²) in [5, 5.41) is 8.04. The van der Waals surface area contributed by atoms with Crippen LogP contribution >= 0.6 is 0 Å². The van der Waals surface area contributed by atoms with E-state index in [-0.39, 0.29) is 30.9 Å². The Morgan fingerprint density at radius 2 is 2.06 bits per heavy atom. The minimum atomic E-state index is -0.409. The number of pyridine rings is 1. The van der Waals surface area contributed by atoms with Crippen molar-refractivity contribution in [3.05, 3.63) is 71.7 Å². The van der Waals surface area contributed by atoms with Crippen molar-refractivity contribution in [3.63, 3.8) is 0 Å². The molecule has 5 rings (SSSR count). The van der Waals surface area contributed by atoms with Crippen LogP contribution in [0.15, 0.2) is 48.7 Å². The minimum Gasteiger partial charge on any atom is -0.485 e. The fraction of sp³-hybridized carbons (Fsp3) is 0.250. The number of aryl methyl sites for hydroxylation is 2. The van der Waals surface area contributed by atoms with Crippen LogP contribution in [0.4, 0.5) is 4.39 Å². The molecule has 0 aliphatic carbocycles. The van der Waals surface area contributed by atoms with Gasteiger partial charge in [0.05, 0.1) is 12.1 Å². The van der Waals surface area contributed by atoms with E-state index < -0.39 is 5.82 Å². The zero-order valence-electron chi connectivity index (χ0n) is 17.8. The molecule has 32 heavy (non-hydrogen) atoms. The summed E-state index contributed by atoms with van der Waals surface area (Å²) in [5.41, 5.74) is 3.29. The van der Waals surface area contributed by atoms with E-state index in [0.29, 0.717) is 18.1 Å². The fourth-order valence-electron chi connectivity index (χ4n) is 4.03. The van der Waals surface area contributed by atoms with Crippen molar-refractivity contribution in [2.24, 2.45) is 0 Å². The number of aromatic nitrogens is 4. The van der Waals surface area contributed by atoms with Gasteiger partial charge in [0.25, 0.3) is 0 Å². The molecular weight excluding hydrogens is 409 g/mol. The largest absolute Gasteiger partial charge is 0.485 e. The zero-order chi connectivity index (χ0) is 22.2. The highest BCUT2D eigenvalue weighted by Crippen LogP contribution is 2.36. The van der Waals surface area contributed by atoms with Crippen LogP contribution in [0.5, 0.6) is 5.75 Å². The molecule has 3 heterocycles. The van der Waals surface area contributed by atoms with Crippen LogP contribution in [0, 0.1) is 19.7 Å². The summed E-state index contributed by atoms with van der Waals surface area (Å²) in [6.45, 7) is 3.95. The van der Waals surface area contributed by atoms with Gasteiger partial charge in [-0.05, 0) is 43.7 Å². The number of hydrogen-bond acceptors (Lipinski definition) is 5. The Hall–Kier alpha value is -3.81. The van der Waals surface area contributed by atoms with Gasteiger partial charge in [0.1, 0.15) is 24.3 Å². The Balaban J connectivity index is 1.27. The Morgan fingerprint density at radius 3 is 2.88 bits per heavy atom. The summed E-state index contributed by atoms with van der Waals surface area (Å²) >= 11 is 0. The van der Waals surface area contributed by atoms with Crippen LogP contribution in [-0.2, 0) is 17.8 Å². The number of carbonyl (C=O) groups excluding carboxylic acids is 1. The lowest BCUT2D eigenvalue weighted by molar-refractivity contribution is -0.122. The first-order valence-electron chi connectivity index (χ1n) is 10.5. The molecule has 4 aromatic rings. The number of nitrogens with one attached hydrogen (secondary N) is 1. The van der Waals surface area contributed by atoms with Crippen LogP contribution in [0.1, 0.15) is 17.2 Å². The molecule has 2 aromatic heterocycles. The molecule has 0 radical (unpaired) electrons. The first kappa shape index (κ1) is 20.1. The van der Waals surface area contributed by atoms with Crippen LogP contribution in [0.2, 0.25) is 0 Å². The molecule has 162 valence electrons. The average Bonchev–Trinajstić information content (AvgIpc) is 3.34. The molecule has 0 saturated heterocycles. The van der Waals surface area contributed by atoms with Crippen molar-refractivity contribution in [1.29, 1.82) is 0 Å². The zero-order valence-corrected chi connectivity index (χ0v) is 17.8.